The van der Waals surface area contributed by atoms with Crippen LogP contribution in [0, 0.1) is 0 Å². The van der Waals surface area contributed by atoms with Crippen LogP contribution in [0.2, 0.25) is 0 Å². The number of para-hydroxylation sites is 1. The topological polar surface area (TPSA) is 42.1 Å². The molecular weight excluding hydrogens is 331 g/mol. The highest BCUT2D eigenvalue weighted by atomic mass is 19.4. The Kier molecular flexibility index (Phi) is 4.53. The Morgan fingerprint density at radius 3 is 2.52 bits per heavy atom. The Balaban J connectivity index is 2.21. The normalized spacial score (nSPS) is 11.7. The number of benzene rings is 2. The number of nitrogens with one attached hydrogen (secondary N) is 1. The molecule has 2 aromatic carbocycles. The maximum atomic E-state index is 13.3. The zero-order valence-corrected chi connectivity index (χ0v) is 13.5. The Morgan fingerprint density at radius 1 is 1.04 bits per heavy atom. The molecule has 6 heteroatoms. The third kappa shape index (κ3) is 3.24. The fraction of sp³-hybridized carbons (Fsp3) is 0.211. The van der Waals surface area contributed by atoms with Gasteiger partial charge in [-0.05, 0) is 30.2 Å². The van der Waals surface area contributed by atoms with Gasteiger partial charge in [0.2, 0.25) is 0 Å². The number of hydrogen-bond acceptors (Lipinski definition) is 2. The number of aromatic nitrogens is 1. The van der Waals surface area contributed by atoms with Gasteiger partial charge in [-0.3, -0.25) is 4.79 Å². The van der Waals surface area contributed by atoms with Crippen LogP contribution < -0.4 is 10.2 Å². The molecular formula is C19H16F3NO2. The molecule has 0 saturated carbocycles. The van der Waals surface area contributed by atoms with Crippen LogP contribution >= 0.6 is 0 Å². The minimum atomic E-state index is -4.54. The van der Waals surface area contributed by atoms with E-state index in [1.165, 1.54) is 24.4 Å². The van der Waals surface area contributed by atoms with E-state index in [-0.39, 0.29) is 11.1 Å². The predicted molar refractivity (Wildman–Crippen MR) is 90.8 cm³/mol. The van der Waals surface area contributed by atoms with Gasteiger partial charge in [-0.2, -0.15) is 13.2 Å². The average molecular weight is 347 g/mol. The van der Waals surface area contributed by atoms with E-state index in [2.05, 4.69) is 4.98 Å². The van der Waals surface area contributed by atoms with Gasteiger partial charge in [0, 0.05) is 17.1 Å². The van der Waals surface area contributed by atoms with Crippen LogP contribution in [-0.2, 0) is 6.18 Å². The Labute approximate surface area is 142 Å². The molecule has 0 unspecified atom stereocenters. The van der Waals surface area contributed by atoms with Crippen molar-refractivity contribution in [3.05, 3.63) is 64.4 Å². The van der Waals surface area contributed by atoms with Gasteiger partial charge in [0.1, 0.15) is 5.75 Å². The summed E-state index contributed by atoms with van der Waals surface area (Å²) < 4.78 is 45.3. The summed E-state index contributed by atoms with van der Waals surface area (Å²) in [6.45, 7) is 2.44. The number of ether oxygens (including phenoxy) is 1. The zero-order chi connectivity index (χ0) is 18.0. The zero-order valence-electron chi connectivity index (χ0n) is 13.5. The van der Waals surface area contributed by atoms with Crippen LogP contribution in [0.25, 0.3) is 22.0 Å². The number of alkyl halides is 3. The van der Waals surface area contributed by atoms with E-state index >= 15 is 0 Å². The highest BCUT2D eigenvalue weighted by Gasteiger charge is 2.33. The summed E-state index contributed by atoms with van der Waals surface area (Å²) in [5.74, 6) is 0.507. The number of pyridine rings is 1. The van der Waals surface area contributed by atoms with Crippen molar-refractivity contribution in [1.29, 1.82) is 0 Å². The van der Waals surface area contributed by atoms with Gasteiger partial charge in [-0.25, -0.2) is 0 Å². The molecule has 1 aromatic heterocycles. The van der Waals surface area contributed by atoms with Crippen molar-refractivity contribution in [3.63, 3.8) is 0 Å². The number of aromatic amines is 1. The Hall–Kier alpha value is -2.76. The van der Waals surface area contributed by atoms with Crippen molar-refractivity contribution in [3.8, 4) is 16.9 Å². The number of halogens is 3. The van der Waals surface area contributed by atoms with Crippen molar-refractivity contribution >= 4 is 10.9 Å². The number of H-pyrrole nitrogens is 1. The molecule has 0 bridgehead atoms. The maximum absolute atomic E-state index is 13.3. The van der Waals surface area contributed by atoms with Gasteiger partial charge in [-0.15, -0.1) is 0 Å². The minimum absolute atomic E-state index is 0.0203. The molecule has 0 atom stereocenters. The molecule has 0 aliphatic heterocycles. The number of hydrogen-bond donors (Lipinski definition) is 1. The standard InChI is InChI=1S/C19H16F3NO2/c1-2-10-25-16-9-5-7-13-17(16)23-11-14(18(13)24)12-6-3-4-8-15(12)19(20,21)22/h3-9,11H,2,10H2,1H3,(H,23,24). The summed E-state index contributed by atoms with van der Waals surface area (Å²) in [4.78, 5) is 15.7. The third-order valence-corrected chi connectivity index (χ3v) is 3.86. The Morgan fingerprint density at radius 2 is 1.80 bits per heavy atom. The van der Waals surface area contributed by atoms with Crippen LogP contribution in [-0.4, -0.2) is 11.6 Å². The SMILES string of the molecule is CCCOc1cccc2c(=O)c(-c3ccccc3C(F)(F)F)c[nH]c12. The largest absolute Gasteiger partial charge is 0.491 e. The second-order valence-corrected chi connectivity index (χ2v) is 5.60. The Bertz CT molecular complexity index is 961. The van der Waals surface area contributed by atoms with E-state index in [9.17, 15) is 18.0 Å². The van der Waals surface area contributed by atoms with Crippen molar-refractivity contribution in [2.24, 2.45) is 0 Å². The van der Waals surface area contributed by atoms with Gasteiger partial charge in [0.25, 0.3) is 0 Å². The molecule has 130 valence electrons. The van der Waals surface area contributed by atoms with Crippen molar-refractivity contribution < 1.29 is 17.9 Å². The van der Waals surface area contributed by atoms with Crippen LogP contribution in [0.15, 0.2) is 53.5 Å². The summed E-state index contributed by atoms with van der Waals surface area (Å²) in [6, 6.07) is 10.0. The second kappa shape index (κ2) is 6.63. The lowest BCUT2D eigenvalue weighted by Gasteiger charge is -2.13. The quantitative estimate of drug-likeness (QED) is 0.721. The molecule has 1 N–H and O–H groups in total. The lowest BCUT2D eigenvalue weighted by Crippen LogP contribution is -2.12. The molecule has 0 aliphatic rings. The molecule has 1 heterocycles. The maximum Gasteiger partial charge on any atom is 0.417 e. The number of rotatable bonds is 4. The summed E-state index contributed by atoms with van der Waals surface area (Å²) in [7, 11) is 0. The van der Waals surface area contributed by atoms with Crippen LogP contribution in [0.4, 0.5) is 13.2 Å². The molecule has 0 spiro atoms. The van der Waals surface area contributed by atoms with E-state index in [1.807, 2.05) is 6.92 Å². The highest BCUT2D eigenvalue weighted by molar-refractivity contribution is 5.88. The van der Waals surface area contributed by atoms with Crippen molar-refractivity contribution in [1.82, 2.24) is 4.98 Å². The van der Waals surface area contributed by atoms with Gasteiger partial charge in [0.05, 0.1) is 17.7 Å². The molecule has 3 rings (SSSR count). The molecule has 0 fully saturated rings. The summed E-state index contributed by atoms with van der Waals surface area (Å²) in [5.41, 5.74) is -0.981. The molecule has 0 radical (unpaired) electrons. The molecule has 0 saturated heterocycles. The molecule has 3 nitrogen and oxygen atoms in total. The molecule has 3 aromatic rings. The van der Waals surface area contributed by atoms with Gasteiger partial charge in [0.15, 0.2) is 5.43 Å². The lowest BCUT2D eigenvalue weighted by atomic mass is 9.99. The lowest BCUT2D eigenvalue weighted by molar-refractivity contribution is -0.137. The van der Waals surface area contributed by atoms with Gasteiger partial charge < -0.3 is 9.72 Å². The molecule has 25 heavy (non-hydrogen) atoms. The number of fused-ring (bicyclic) bond motifs is 1. The summed E-state index contributed by atoms with van der Waals surface area (Å²) in [6.07, 6.45) is -2.42. The summed E-state index contributed by atoms with van der Waals surface area (Å²) >= 11 is 0. The van der Waals surface area contributed by atoms with Crippen LogP contribution in [0.1, 0.15) is 18.9 Å². The fourth-order valence-electron chi connectivity index (χ4n) is 2.72. The fourth-order valence-corrected chi connectivity index (χ4v) is 2.72. The first-order chi connectivity index (χ1) is 11.9. The molecule has 0 amide bonds. The summed E-state index contributed by atoms with van der Waals surface area (Å²) in [5, 5.41) is 0.295. The van der Waals surface area contributed by atoms with Gasteiger partial charge in [-0.1, -0.05) is 31.2 Å². The first kappa shape index (κ1) is 17.1. The van der Waals surface area contributed by atoms with Gasteiger partial charge >= 0.3 is 6.18 Å². The first-order valence-electron chi connectivity index (χ1n) is 7.87. The smallest absolute Gasteiger partial charge is 0.417 e. The third-order valence-electron chi connectivity index (χ3n) is 3.86. The predicted octanol–water partition coefficient (Wildman–Crippen LogP) is 5.00. The van der Waals surface area contributed by atoms with E-state index in [0.717, 1.165) is 12.5 Å². The van der Waals surface area contributed by atoms with Crippen molar-refractivity contribution in [2.75, 3.05) is 6.61 Å². The van der Waals surface area contributed by atoms with Crippen LogP contribution in [0.3, 0.4) is 0 Å². The highest BCUT2D eigenvalue weighted by Crippen LogP contribution is 2.36. The molecule has 0 aliphatic carbocycles. The van der Waals surface area contributed by atoms with E-state index in [0.29, 0.717) is 23.3 Å². The average Bonchev–Trinajstić information content (AvgIpc) is 2.60. The van der Waals surface area contributed by atoms with E-state index in [4.69, 9.17) is 4.74 Å². The van der Waals surface area contributed by atoms with Crippen molar-refractivity contribution in [2.45, 2.75) is 19.5 Å². The first-order valence-corrected chi connectivity index (χ1v) is 7.87. The van der Waals surface area contributed by atoms with Crippen LogP contribution in [0.5, 0.6) is 5.75 Å². The monoisotopic (exact) mass is 347 g/mol. The minimum Gasteiger partial charge on any atom is -0.491 e. The van der Waals surface area contributed by atoms with E-state index < -0.39 is 17.2 Å². The second-order valence-electron chi connectivity index (χ2n) is 5.60. The van der Waals surface area contributed by atoms with E-state index in [1.54, 1.807) is 18.2 Å².